The molecule has 0 saturated carbocycles. The van der Waals surface area contributed by atoms with Crippen LogP contribution >= 0.6 is 0 Å². The van der Waals surface area contributed by atoms with Gasteiger partial charge >= 0.3 is 5.92 Å². The van der Waals surface area contributed by atoms with Crippen molar-refractivity contribution < 1.29 is 42.3 Å². The zero-order chi connectivity index (χ0) is 32.9. The Kier molecular flexibility index (Phi) is 13.0. The molecule has 1 saturated heterocycles. The van der Waals surface area contributed by atoms with Gasteiger partial charge in [-0.3, -0.25) is 0 Å². The summed E-state index contributed by atoms with van der Waals surface area (Å²) in [5, 5.41) is 10.5. The largest absolute Gasteiger partial charge is 0.374 e. The summed E-state index contributed by atoms with van der Waals surface area (Å²) in [5.74, 6) is -3.88. The molecule has 9 heteroatoms. The minimum Gasteiger partial charge on any atom is -0.374 e. The Labute approximate surface area is 275 Å². The number of ether oxygens (including phenoxy) is 6. The molecule has 6 atom stereocenters. The van der Waals surface area contributed by atoms with E-state index in [1.165, 1.54) is 6.92 Å². The van der Waals surface area contributed by atoms with Gasteiger partial charge in [0.25, 0.3) is 0 Å². The second kappa shape index (κ2) is 17.6. The van der Waals surface area contributed by atoms with Crippen molar-refractivity contribution in [1.82, 2.24) is 0 Å². The summed E-state index contributed by atoms with van der Waals surface area (Å²) in [7, 11) is 0. The third-order valence-corrected chi connectivity index (χ3v) is 7.92. The average molecular weight is 649 g/mol. The van der Waals surface area contributed by atoms with Gasteiger partial charge in [-0.2, -0.15) is 8.78 Å². The normalized spacial score (nSPS) is 22.2. The maximum Gasteiger partial charge on any atom is 0.325 e. The lowest BCUT2D eigenvalue weighted by molar-refractivity contribution is -0.345. The highest BCUT2D eigenvalue weighted by Crippen LogP contribution is 2.39. The molecule has 5 rings (SSSR count). The van der Waals surface area contributed by atoms with Crippen molar-refractivity contribution in [3.63, 3.8) is 0 Å². The van der Waals surface area contributed by atoms with Crippen molar-refractivity contribution >= 4 is 0 Å². The first kappa shape index (κ1) is 34.8. The van der Waals surface area contributed by atoms with E-state index in [0.717, 1.165) is 22.3 Å². The first-order valence-corrected chi connectivity index (χ1v) is 15.9. The SMILES string of the molecule is CCOC(O)C(F)(F)[C@@H]1O[C@H](COCc2ccccc2)[C@@H](OCc2ccccc2)[C@@H](OCc2ccccc2)[C@@H]1OCc1ccccc1. The van der Waals surface area contributed by atoms with E-state index in [-0.39, 0.29) is 39.6 Å². The molecule has 0 spiro atoms. The summed E-state index contributed by atoms with van der Waals surface area (Å²) in [4.78, 5) is 0. The number of halogens is 2. The molecule has 1 fully saturated rings. The van der Waals surface area contributed by atoms with Crippen LogP contribution in [0.3, 0.4) is 0 Å². The van der Waals surface area contributed by atoms with Crippen LogP contribution < -0.4 is 0 Å². The Bertz CT molecular complexity index is 1430. The van der Waals surface area contributed by atoms with E-state index < -0.39 is 42.7 Å². The minimum atomic E-state index is -3.88. The molecule has 7 nitrogen and oxygen atoms in total. The standard InChI is InChI=1S/C38H42F2O7/c1-2-43-37(41)38(39,40)36-35(46-26-31-21-13-6-14-22-31)34(45-25-30-19-11-5-12-20-30)33(44-24-29-17-9-4-10-18-29)32(47-36)27-42-23-28-15-7-3-8-16-28/h3-22,32-37,41H,2,23-27H2,1H3/t32-,33-,34-,35+,36-,37?/m1/s1. The van der Waals surface area contributed by atoms with Gasteiger partial charge in [-0.25, -0.2) is 0 Å². The quantitative estimate of drug-likeness (QED) is 0.128. The summed E-state index contributed by atoms with van der Waals surface area (Å²) in [5.41, 5.74) is 3.42. The maximum absolute atomic E-state index is 16.2. The van der Waals surface area contributed by atoms with Crippen molar-refractivity contribution in [3.8, 4) is 0 Å². The number of alkyl halides is 2. The second-order valence-electron chi connectivity index (χ2n) is 11.4. The monoisotopic (exact) mass is 648 g/mol. The zero-order valence-electron chi connectivity index (χ0n) is 26.4. The first-order valence-electron chi connectivity index (χ1n) is 15.9. The van der Waals surface area contributed by atoms with E-state index in [4.69, 9.17) is 28.4 Å². The summed E-state index contributed by atoms with van der Waals surface area (Å²) in [6.45, 7) is 1.83. The van der Waals surface area contributed by atoms with Crippen LogP contribution in [0.15, 0.2) is 121 Å². The number of aliphatic hydroxyl groups is 1. The van der Waals surface area contributed by atoms with E-state index in [0.29, 0.717) is 0 Å². The van der Waals surface area contributed by atoms with E-state index >= 15 is 8.78 Å². The van der Waals surface area contributed by atoms with Crippen LogP contribution in [-0.4, -0.2) is 61.1 Å². The Hall–Kier alpha value is -3.54. The summed E-state index contributed by atoms with van der Waals surface area (Å²) in [6, 6.07) is 37.8. The molecule has 0 aromatic heterocycles. The molecule has 250 valence electrons. The summed E-state index contributed by atoms with van der Waals surface area (Å²) >= 11 is 0. The summed E-state index contributed by atoms with van der Waals surface area (Å²) in [6.07, 6.45) is -8.71. The highest BCUT2D eigenvalue weighted by atomic mass is 19.3. The van der Waals surface area contributed by atoms with Gasteiger partial charge in [-0.1, -0.05) is 121 Å². The molecule has 1 heterocycles. The van der Waals surface area contributed by atoms with Gasteiger partial charge in [0.1, 0.15) is 24.4 Å². The van der Waals surface area contributed by atoms with Gasteiger partial charge in [0.15, 0.2) is 6.10 Å². The highest BCUT2D eigenvalue weighted by Gasteiger charge is 2.60. The Balaban J connectivity index is 1.50. The lowest BCUT2D eigenvalue weighted by Crippen LogP contribution is -2.67. The second-order valence-corrected chi connectivity index (χ2v) is 11.4. The van der Waals surface area contributed by atoms with E-state index in [2.05, 4.69) is 0 Å². The van der Waals surface area contributed by atoms with Crippen molar-refractivity contribution in [2.75, 3.05) is 13.2 Å². The van der Waals surface area contributed by atoms with Crippen LogP contribution in [0.25, 0.3) is 0 Å². The van der Waals surface area contributed by atoms with Crippen molar-refractivity contribution in [1.29, 1.82) is 0 Å². The Morgan fingerprint density at radius 3 is 1.47 bits per heavy atom. The topological polar surface area (TPSA) is 75.6 Å². The molecule has 1 aliphatic heterocycles. The predicted molar refractivity (Wildman–Crippen MR) is 172 cm³/mol. The van der Waals surface area contributed by atoms with Gasteiger partial charge in [-0.05, 0) is 29.2 Å². The van der Waals surface area contributed by atoms with Crippen LogP contribution in [0.4, 0.5) is 8.78 Å². The molecule has 47 heavy (non-hydrogen) atoms. The number of hydrogen-bond donors (Lipinski definition) is 1. The van der Waals surface area contributed by atoms with Crippen molar-refractivity contribution in [2.24, 2.45) is 0 Å². The molecule has 4 aromatic carbocycles. The molecule has 1 aliphatic rings. The maximum atomic E-state index is 16.2. The fraction of sp³-hybridized carbons (Fsp3) is 0.368. The van der Waals surface area contributed by atoms with Crippen molar-refractivity contribution in [3.05, 3.63) is 144 Å². The smallest absolute Gasteiger partial charge is 0.325 e. The fourth-order valence-corrected chi connectivity index (χ4v) is 5.51. The lowest BCUT2D eigenvalue weighted by Gasteiger charge is -2.48. The summed E-state index contributed by atoms with van der Waals surface area (Å²) < 4.78 is 69.0. The van der Waals surface area contributed by atoms with E-state index in [1.807, 2.05) is 121 Å². The highest BCUT2D eigenvalue weighted by molar-refractivity contribution is 5.17. The van der Waals surface area contributed by atoms with Crippen LogP contribution in [0.5, 0.6) is 0 Å². The van der Waals surface area contributed by atoms with Gasteiger partial charge in [0, 0.05) is 6.61 Å². The number of rotatable bonds is 17. The molecular formula is C38H42F2O7. The van der Waals surface area contributed by atoms with Crippen LogP contribution in [0.2, 0.25) is 0 Å². The van der Waals surface area contributed by atoms with E-state index in [9.17, 15) is 5.11 Å². The third-order valence-electron chi connectivity index (χ3n) is 7.92. The Morgan fingerprint density at radius 2 is 1.02 bits per heavy atom. The molecular weight excluding hydrogens is 606 g/mol. The average Bonchev–Trinajstić information content (AvgIpc) is 3.11. The zero-order valence-corrected chi connectivity index (χ0v) is 26.4. The molecule has 1 unspecified atom stereocenters. The first-order chi connectivity index (χ1) is 23.0. The van der Waals surface area contributed by atoms with Gasteiger partial charge < -0.3 is 33.5 Å². The van der Waals surface area contributed by atoms with Crippen molar-refractivity contribution in [2.45, 2.75) is 76.1 Å². The molecule has 1 N–H and O–H groups in total. The molecule has 0 bridgehead atoms. The number of benzene rings is 4. The minimum absolute atomic E-state index is 0.00203. The molecule has 4 aromatic rings. The van der Waals surface area contributed by atoms with Crippen LogP contribution in [-0.2, 0) is 54.8 Å². The van der Waals surface area contributed by atoms with Gasteiger partial charge in [0.05, 0.1) is 33.0 Å². The molecule has 0 radical (unpaired) electrons. The van der Waals surface area contributed by atoms with Crippen LogP contribution in [0.1, 0.15) is 29.2 Å². The fourth-order valence-electron chi connectivity index (χ4n) is 5.51. The molecule has 0 aliphatic carbocycles. The Morgan fingerprint density at radius 1 is 0.617 bits per heavy atom. The van der Waals surface area contributed by atoms with Crippen LogP contribution in [0, 0.1) is 0 Å². The molecule has 0 amide bonds. The predicted octanol–water partition coefficient (Wildman–Crippen LogP) is 6.72. The number of hydrogen-bond acceptors (Lipinski definition) is 7. The lowest BCUT2D eigenvalue weighted by atomic mass is 9.90. The third kappa shape index (κ3) is 9.74. The van der Waals surface area contributed by atoms with Gasteiger partial charge in [0.2, 0.25) is 6.29 Å². The van der Waals surface area contributed by atoms with E-state index in [1.54, 1.807) is 0 Å². The van der Waals surface area contributed by atoms with Gasteiger partial charge in [-0.15, -0.1) is 0 Å². The number of aliphatic hydroxyl groups excluding tert-OH is 1.